The molecule has 1 aromatic carbocycles. The molecule has 0 unspecified atom stereocenters. The summed E-state index contributed by atoms with van der Waals surface area (Å²) in [5.41, 5.74) is 0.851. The highest BCUT2D eigenvalue weighted by molar-refractivity contribution is 14.1. The van der Waals surface area contributed by atoms with E-state index in [0.717, 1.165) is 41.4 Å². The number of carbonyl (C=O) groups is 1. The van der Waals surface area contributed by atoms with Crippen LogP contribution in [-0.4, -0.2) is 47.9 Å². The lowest BCUT2D eigenvalue weighted by molar-refractivity contribution is 0.0522. The lowest BCUT2D eigenvalue weighted by Gasteiger charge is -2.40. The summed E-state index contributed by atoms with van der Waals surface area (Å²) in [4.78, 5) is 17.2. The molecule has 2 fully saturated rings. The number of rotatable bonds is 2. The molecule has 1 aliphatic heterocycles. The van der Waals surface area contributed by atoms with E-state index in [-0.39, 0.29) is 5.91 Å². The van der Waals surface area contributed by atoms with E-state index in [0.29, 0.717) is 0 Å². The minimum Gasteiger partial charge on any atom is -0.336 e. The van der Waals surface area contributed by atoms with Gasteiger partial charge in [0.1, 0.15) is 0 Å². The average molecular weight is 398 g/mol. The van der Waals surface area contributed by atoms with Crippen molar-refractivity contribution < 1.29 is 4.79 Å². The van der Waals surface area contributed by atoms with Crippen molar-refractivity contribution in [2.75, 3.05) is 26.2 Å². The van der Waals surface area contributed by atoms with Crippen LogP contribution in [0.5, 0.6) is 0 Å². The molecule has 4 heteroatoms. The van der Waals surface area contributed by atoms with E-state index in [1.54, 1.807) is 0 Å². The van der Waals surface area contributed by atoms with Crippen molar-refractivity contribution >= 4 is 28.5 Å². The topological polar surface area (TPSA) is 23.6 Å². The standard InChI is InChI=1S/C17H23IN2O/c18-16-9-5-4-8-15(16)17(21)20-12-10-19(11-13-20)14-6-2-1-3-7-14/h4-5,8-9,14H,1-3,6-7,10-13H2. The molecule has 1 heterocycles. The second kappa shape index (κ2) is 7.09. The van der Waals surface area contributed by atoms with Crippen LogP contribution < -0.4 is 0 Å². The summed E-state index contributed by atoms with van der Waals surface area (Å²) in [5, 5.41) is 0. The molecule has 0 atom stereocenters. The fourth-order valence-electron chi connectivity index (χ4n) is 3.54. The van der Waals surface area contributed by atoms with Gasteiger partial charge in [-0.2, -0.15) is 0 Å². The Labute approximate surface area is 140 Å². The fraction of sp³-hybridized carbons (Fsp3) is 0.588. The Morgan fingerprint density at radius 1 is 1.00 bits per heavy atom. The van der Waals surface area contributed by atoms with Gasteiger partial charge in [0, 0.05) is 35.8 Å². The highest BCUT2D eigenvalue weighted by Gasteiger charge is 2.27. The lowest BCUT2D eigenvalue weighted by atomic mass is 9.94. The fourth-order valence-corrected chi connectivity index (χ4v) is 4.16. The molecule has 1 amide bonds. The van der Waals surface area contributed by atoms with E-state index < -0.39 is 0 Å². The molecule has 1 aromatic rings. The second-order valence-electron chi connectivity index (χ2n) is 6.10. The smallest absolute Gasteiger partial charge is 0.255 e. The molecule has 1 saturated heterocycles. The Hall–Kier alpha value is -0.620. The first-order valence-electron chi connectivity index (χ1n) is 8.03. The number of hydrogen-bond acceptors (Lipinski definition) is 2. The van der Waals surface area contributed by atoms with Gasteiger partial charge in [0.15, 0.2) is 0 Å². The number of piperazine rings is 1. The molecule has 1 aliphatic carbocycles. The first kappa shape index (κ1) is 15.3. The summed E-state index contributed by atoms with van der Waals surface area (Å²) in [6, 6.07) is 8.66. The van der Waals surface area contributed by atoms with Crippen molar-refractivity contribution in [2.45, 2.75) is 38.1 Å². The molecule has 0 spiro atoms. The Bertz CT molecular complexity index is 491. The Morgan fingerprint density at radius 2 is 1.67 bits per heavy atom. The third kappa shape index (κ3) is 3.59. The zero-order valence-corrected chi connectivity index (χ0v) is 14.6. The van der Waals surface area contributed by atoms with E-state index in [1.165, 1.54) is 32.1 Å². The minimum atomic E-state index is 0.197. The Balaban J connectivity index is 1.58. The highest BCUT2D eigenvalue weighted by Crippen LogP contribution is 2.24. The number of hydrogen-bond donors (Lipinski definition) is 0. The van der Waals surface area contributed by atoms with Crippen LogP contribution in [0.4, 0.5) is 0 Å². The maximum Gasteiger partial charge on any atom is 0.255 e. The van der Waals surface area contributed by atoms with Crippen molar-refractivity contribution in [1.29, 1.82) is 0 Å². The van der Waals surface area contributed by atoms with Crippen molar-refractivity contribution in [3.8, 4) is 0 Å². The van der Waals surface area contributed by atoms with Gasteiger partial charge in [0.25, 0.3) is 5.91 Å². The van der Waals surface area contributed by atoms with E-state index in [2.05, 4.69) is 27.5 Å². The van der Waals surface area contributed by atoms with Crippen molar-refractivity contribution in [1.82, 2.24) is 9.80 Å². The molecule has 21 heavy (non-hydrogen) atoms. The molecule has 0 aromatic heterocycles. The molecule has 1 saturated carbocycles. The zero-order valence-electron chi connectivity index (χ0n) is 12.4. The largest absolute Gasteiger partial charge is 0.336 e. The predicted molar refractivity (Wildman–Crippen MR) is 93.5 cm³/mol. The molecule has 0 bridgehead atoms. The van der Waals surface area contributed by atoms with Gasteiger partial charge < -0.3 is 4.90 Å². The van der Waals surface area contributed by atoms with Crippen LogP contribution in [0, 0.1) is 3.57 Å². The number of carbonyl (C=O) groups excluding carboxylic acids is 1. The van der Waals surface area contributed by atoms with E-state index in [1.807, 2.05) is 29.2 Å². The molecule has 3 rings (SSSR count). The maximum atomic E-state index is 12.6. The van der Waals surface area contributed by atoms with Crippen LogP contribution in [0.25, 0.3) is 0 Å². The van der Waals surface area contributed by atoms with Crippen LogP contribution in [0.2, 0.25) is 0 Å². The van der Waals surface area contributed by atoms with Gasteiger partial charge >= 0.3 is 0 Å². The maximum absolute atomic E-state index is 12.6. The summed E-state index contributed by atoms with van der Waals surface area (Å²) in [5.74, 6) is 0.197. The number of amides is 1. The van der Waals surface area contributed by atoms with Crippen LogP contribution in [0.15, 0.2) is 24.3 Å². The van der Waals surface area contributed by atoms with Crippen molar-refractivity contribution in [3.63, 3.8) is 0 Å². The van der Waals surface area contributed by atoms with Gasteiger partial charge in [-0.15, -0.1) is 0 Å². The van der Waals surface area contributed by atoms with Gasteiger partial charge in [-0.1, -0.05) is 31.4 Å². The molecular formula is C17H23IN2O. The zero-order chi connectivity index (χ0) is 14.7. The van der Waals surface area contributed by atoms with Gasteiger partial charge in [-0.3, -0.25) is 9.69 Å². The Morgan fingerprint density at radius 3 is 2.33 bits per heavy atom. The van der Waals surface area contributed by atoms with E-state index >= 15 is 0 Å². The quantitative estimate of drug-likeness (QED) is 0.714. The minimum absolute atomic E-state index is 0.197. The number of halogens is 1. The molecule has 2 aliphatic rings. The molecule has 0 N–H and O–H groups in total. The Kier molecular flexibility index (Phi) is 5.16. The predicted octanol–water partition coefficient (Wildman–Crippen LogP) is 3.38. The van der Waals surface area contributed by atoms with Crippen molar-refractivity contribution in [2.24, 2.45) is 0 Å². The molecule has 114 valence electrons. The summed E-state index contributed by atoms with van der Waals surface area (Å²) in [6.45, 7) is 3.83. The number of benzene rings is 1. The van der Waals surface area contributed by atoms with Gasteiger partial charge in [-0.05, 0) is 47.6 Å². The SMILES string of the molecule is O=C(c1ccccc1I)N1CCN(C2CCCCC2)CC1. The molecular weight excluding hydrogens is 375 g/mol. The first-order chi connectivity index (χ1) is 10.3. The van der Waals surface area contributed by atoms with Gasteiger partial charge in [0.2, 0.25) is 0 Å². The van der Waals surface area contributed by atoms with Crippen LogP contribution in [-0.2, 0) is 0 Å². The normalized spacial score (nSPS) is 21.5. The molecule has 3 nitrogen and oxygen atoms in total. The summed E-state index contributed by atoms with van der Waals surface area (Å²) in [6.07, 6.45) is 6.87. The van der Waals surface area contributed by atoms with Gasteiger partial charge in [0.05, 0.1) is 5.56 Å². The van der Waals surface area contributed by atoms with Crippen LogP contribution in [0.1, 0.15) is 42.5 Å². The first-order valence-corrected chi connectivity index (χ1v) is 9.11. The second-order valence-corrected chi connectivity index (χ2v) is 7.26. The van der Waals surface area contributed by atoms with Gasteiger partial charge in [-0.25, -0.2) is 0 Å². The number of nitrogens with zero attached hydrogens (tertiary/aromatic N) is 2. The highest BCUT2D eigenvalue weighted by atomic mass is 127. The average Bonchev–Trinajstić information content (AvgIpc) is 2.56. The molecule has 0 radical (unpaired) electrons. The summed E-state index contributed by atoms with van der Waals surface area (Å²) >= 11 is 2.25. The van der Waals surface area contributed by atoms with E-state index in [4.69, 9.17) is 0 Å². The van der Waals surface area contributed by atoms with E-state index in [9.17, 15) is 4.79 Å². The summed E-state index contributed by atoms with van der Waals surface area (Å²) in [7, 11) is 0. The van der Waals surface area contributed by atoms with Crippen LogP contribution >= 0.6 is 22.6 Å². The third-order valence-electron chi connectivity index (χ3n) is 4.80. The van der Waals surface area contributed by atoms with Crippen LogP contribution in [0.3, 0.4) is 0 Å². The monoisotopic (exact) mass is 398 g/mol. The third-order valence-corrected chi connectivity index (χ3v) is 5.74. The van der Waals surface area contributed by atoms with Crippen molar-refractivity contribution in [3.05, 3.63) is 33.4 Å². The lowest BCUT2D eigenvalue weighted by Crippen LogP contribution is -2.52. The summed E-state index contributed by atoms with van der Waals surface area (Å²) < 4.78 is 1.05.